The van der Waals surface area contributed by atoms with Crippen LogP contribution in [0.15, 0.2) is 53.7 Å². The largest absolute Gasteiger partial charge is 0.368 e. The summed E-state index contributed by atoms with van der Waals surface area (Å²) in [6.07, 6.45) is 2.19. The lowest BCUT2D eigenvalue weighted by molar-refractivity contribution is -0.128. The van der Waals surface area contributed by atoms with Gasteiger partial charge >= 0.3 is 0 Å². The average Bonchev–Trinajstić information content (AvgIpc) is 3.00. The molecule has 0 saturated carbocycles. The summed E-state index contributed by atoms with van der Waals surface area (Å²) >= 11 is 5.32. The van der Waals surface area contributed by atoms with Gasteiger partial charge in [0, 0.05) is 24.8 Å². The van der Waals surface area contributed by atoms with Crippen molar-refractivity contribution in [1.82, 2.24) is 20.5 Å². The number of benzodiazepines with no additional fused rings is 1. The van der Waals surface area contributed by atoms with Crippen LogP contribution in [0.1, 0.15) is 51.8 Å². The number of carbonyl (C=O) groups excluding carboxylic acids is 2. The Morgan fingerprint density at radius 1 is 1.14 bits per heavy atom. The molecule has 1 unspecified atom stereocenters. The highest BCUT2D eigenvalue weighted by atomic mass is 32.1. The molecule has 0 bridgehead atoms. The number of hydrogen-bond donors (Lipinski definition) is 2. The van der Waals surface area contributed by atoms with Gasteiger partial charge in [-0.25, -0.2) is 4.99 Å². The first-order chi connectivity index (χ1) is 17.4. The minimum atomic E-state index is -1.09. The molecular weight excluding hydrogens is 472 g/mol. The van der Waals surface area contributed by atoms with E-state index in [1.165, 1.54) is 0 Å². The van der Waals surface area contributed by atoms with E-state index in [9.17, 15) is 9.59 Å². The van der Waals surface area contributed by atoms with E-state index in [-0.39, 0.29) is 11.8 Å². The van der Waals surface area contributed by atoms with Gasteiger partial charge in [0.25, 0.3) is 5.91 Å². The van der Waals surface area contributed by atoms with E-state index in [2.05, 4.69) is 34.4 Å². The molecule has 1 aromatic heterocycles. The Labute approximate surface area is 219 Å². The summed E-state index contributed by atoms with van der Waals surface area (Å²) in [5.74, 6) is -0.622. The number of benzene rings is 1. The Bertz CT molecular complexity index is 1090. The number of aliphatic imine (C=N–C) groups is 1. The highest BCUT2D eigenvalue weighted by Crippen LogP contribution is 2.27. The van der Waals surface area contributed by atoms with Crippen LogP contribution in [0, 0.1) is 0 Å². The molecule has 2 amide bonds. The van der Waals surface area contributed by atoms with Crippen LogP contribution >= 0.6 is 12.2 Å². The van der Waals surface area contributed by atoms with Crippen LogP contribution in [0.25, 0.3) is 0 Å². The highest BCUT2D eigenvalue weighted by Gasteiger charge is 2.34. The molecule has 2 atom stereocenters. The maximum absolute atomic E-state index is 13.9. The second-order valence-electron chi connectivity index (χ2n) is 8.68. The van der Waals surface area contributed by atoms with Gasteiger partial charge in [0.05, 0.1) is 22.1 Å². The molecule has 2 N–H and O–H groups in total. The average molecular weight is 509 g/mol. The number of nitrogens with zero attached hydrogens (tertiary/aromatic N) is 4. The van der Waals surface area contributed by atoms with Crippen molar-refractivity contribution in [3.8, 4) is 0 Å². The minimum absolute atomic E-state index is 0.280. The van der Waals surface area contributed by atoms with E-state index in [0.717, 1.165) is 30.8 Å². The molecule has 3 rings (SSSR count). The SMILES string of the molecule is CCCC(=S)N[C@@H](C)C(=O)NC1N=C(c2ccccn2)c2ccccc2N(CCN(CC)CC)C1=O. The van der Waals surface area contributed by atoms with Crippen LogP contribution in [0.2, 0.25) is 0 Å². The lowest BCUT2D eigenvalue weighted by atomic mass is 10.0. The molecule has 1 aromatic carbocycles. The van der Waals surface area contributed by atoms with Crippen LogP contribution < -0.4 is 15.5 Å². The topological polar surface area (TPSA) is 89.9 Å². The van der Waals surface area contributed by atoms with Crippen molar-refractivity contribution in [2.24, 2.45) is 4.99 Å². The van der Waals surface area contributed by atoms with Crippen molar-refractivity contribution >= 4 is 40.4 Å². The molecule has 36 heavy (non-hydrogen) atoms. The third-order valence-corrected chi connectivity index (χ3v) is 6.50. The standard InChI is InChI=1S/C27H36N6O2S/c1-5-12-23(36)29-19(4)26(34)31-25-27(35)33(18-17-32(6-2)7-3)22-15-9-8-13-20(22)24(30-25)21-14-10-11-16-28-21/h8-11,13-16,19,25H,5-7,12,17-18H2,1-4H3,(H,29,36)(H,31,34)/t19-,25?/m0/s1. The molecule has 0 spiro atoms. The van der Waals surface area contributed by atoms with Crippen LogP contribution in [0.5, 0.6) is 0 Å². The Morgan fingerprint density at radius 3 is 2.53 bits per heavy atom. The predicted octanol–water partition coefficient (Wildman–Crippen LogP) is 3.16. The van der Waals surface area contributed by atoms with Crippen molar-refractivity contribution in [3.63, 3.8) is 0 Å². The first-order valence-electron chi connectivity index (χ1n) is 12.6. The zero-order valence-electron chi connectivity index (χ0n) is 21.5. The number of pyridine rings is 1. The molecule has 0 aliphatic carbocycles. The van der Waals surface area contributed by atoms with E-state index in [1.807, 2.05) is 49.4 Å². The fourth-order valence-electron chi connectivity index (χ4n) is 4.11. The van der Waals surface area contributed by atoms with Crippen LogP contribution in [0.4, 0.5) is 5.69 Å². The number of aromatic nitrogens is 1. The van der Waals surface area contributed by atoms with Crippen molar-refractivity contribution in [2.45, 2.75) is 52.7 Å². The zero-order chi connectivity index (χ0) is 26.1. The summed E-state index contributed by atoms with van der Waals surface area (Å²) in [4.78, 5) is 40.9. The van der Waals surface area contributed by atoms with Crippen molar-refractivity contribution in [2.75, 3.05) is 31.1 Å². The van der Waals surface area contributed by atoms with E-state index in [1.54, 1.807) is 18.0 Å². The van der Waals surface area contributed by atoms with Crippen LogP contribution in [-0.4, -0.2) is 70.8 Å². The number of amides is 2. The molecule has 9 heteroatoms. The Kier molecular flexibility index (Phi) is 10.1. The number of carbonyl (C=O) groups is 2. The molecule has 0 radical (unpaired) electrons. The smallest absolute Gasteiger partial charge is 0.272 e. The van der Waals surface area contributed by atoms with Gasteiger partial charge in [-0.15, -0.1) is 0 Å². The fourth-order valence-corrected chi connectivity index (χ4v) is 4.49. The second-order valence-corrected chi connectivity index (χ2v) is 9.17. The van der Waals surface area contributed by atoms with Gasteiger partial charge in [0.15, 0.2) is 0 Å². The number of rotatable bonds is 11. The lowest BCUT2D eigenvalue weighted by Crippen LogP contribution is -2.53. The minimum Gasteiger partial charge on any atom is -0.368 e. The molecule has 192 valence electrons. The van der Waals surface area contributed by atoms with E-state index in [0.29, 0.717) is 35.9 Å². The maximum atomic E-state index is 13.9. The van der Waals surface area contributed by atoms with Gasteiger partial charge < -0.3 is 20.4 Å². The number of hydrogen-bond acceptors (Lipinski definition) is 6. The highest BCUT2D eigenvalue weighted by molar-refractivity contribution is 7.80. The number of anilines is 1. The third kappa shape index (κ3) is 6.73. The first-order valence-corrected chi connectivity index (χ1v) is 13.0. The van der Waals surface area contributed by atoms with Crippen molar-refractivity contribution in [3.05, 3.63) is 59.9 Å². The van der Waals surface area contributed by atoms with Gasteiger partial charge in [-0.2, -0.15) is 0 Å². The summed E-state index contributed by atoms with van der Waals surface area (Å²) < 4.78 is 0. The monoisotopic (exact) mass is 508 g/mol. The van der Waals surface area contributed by atoms with Gasteiger partial charge in [-0.1, -0.05) is 57.3 Å². The molecular formula is C27H36N6O2S. The Balaban J connectivity index is 1.99. The second kappa shape index (κ2) is 13.2. The van der Waals surface area contributed by atoms with E-state index < -0.39 is 12.2 Å². The van der Waals surface area contributed by atoms with E-state index in [4.69, 9.17) is 17.2 Å². The summed E-state index contributed by atoms with van der Waals surface area (Å²) in [6.45, 7) is 10.9. The zero-order valence-corrected chi connectivity index (χ0v) is 22.3. The number of nitrogens with one attached hydrogen (secondary N) is 2. The van der Waals surface area contributed by atoms with Gasteiger partial charge in [0.2, 0.25) is 12.1 Å². The van der Waals surface area contributed by atoms with Gasteiger partial charge in [0.1, 0.15) is 6.04 Å². The molecule has 0 saturated heterocycles. The summed E-state index contributed by atoms with van der Waals surface area (Å²) in [7, 11) is 0. The number of likely N-dealkylation sites (N-methyl/N-ethyl adjacent to an activating group) is 1. The summed E-state index contributed by atoms with van der Waals surface area (Å²) in [5, 5.41) is 5.91. The Hall–Kier alpha value is -3.17. The number of fused-ring (bicyclic) bond motifs is 1. The first kappa shape index (κ1) is 27.4. The molecule has 0 fully saturated rings. The molecule has 2 aromatic rings. The predicted molar refractivity (Wildman–Crippen MR) is 148 cm³/mol. The van der Waals surface area contributed by atoms with Crippen molar-refractivity contribution < 1.29 is 9.59 Å². The van der Waals surface area contributed by atoms with Gasteiger partial charge in [-0.3, -0.25) is 14.6 Å². The Morgan fingerprint density at radius 2 is 1.86 bits per heavy atom. The van der Waals surface area contributed by atoms with Gasteiger partial charge in [-0.05, 0) is 51.1 Å². The quantitative estimate of drug-likeness (QED) is 0.453. The molecule has 8 nitrogen and oxygen atoms in total. The van der Waals surface area contributed by atoms with Crippen LogP contribution in [0.3, 0.4) is 0 Å². The lowest BCUT2D eigenvalue weighted by Gasteiger charge is -2.28. The fraction of sp³-hybridized carbons (Fsp3) is 0.444. The van der Waals surface area contributed by atoms with E-state index >= 15 is 0 Å². The molecule has 2 heterocycles. The third-order valence-electron chi connectivity index (χ3n) is 6.18. The maximum Gasteiger partial charge on any atom is 0.272 e. The summed E-state index contributed by atoms with van der Waals surface area (Å²) in [5.41, 5.74) is 2.76. The normalized spacial score (nSPS) is 16.1. The molecule has 1 aliphatic rings. The molecule has 1 aliphatic heterocycles. The number of para-hydroxylation sites is 1. The van der Waals surface area contributed by atoms with Crippen molar-refractivity contribution in [1.29, 1.82) is 0 Å². The van der Waals surface area contributed by atoms with Crippen LogP contribution in [-0.2, 0) is 9.59 Å². The summed E-state index contributed by atoms with van der Waals surface area (Å²) in [6, 6.07) is 12.7. The number of thiocarbonyl (C=S) groups is 1.